The highest BCUT2D eigenvalue weighted by atomic mass is 19.4. The molecule has 16 heavy (non-hydrogen) atoms. The number of alkyl halides is 3. The lowest BCUT2D eigenvalue weighted by Gasteiger charge is -2.10. The zero-order chi connectivity index (χ0) is 11.6. The second-order valence-corrected chi connectivity index (χ2v) is 3.16. The van der Waals surface area contributed by atoms with Crippen molar-refractivity contribution in [1.29, 1.82) is 0 Å². The SMILES string of the molecule is FC(F)(F)c1nnccc1-c1ccccc1. The Morgan fingerprint density at radius 2 is 1.62 bits per heavy atom. The van der Waals surface area contributed by atoms with Crippen LogP contribution in [0, 0.1) is 0 Å². The van der Waals surface area contributed by atoms with Crippen molar-refractivity contribution in [2.45, 2.75) is 6.18 Å². The molecule has 0 aliphatic rings. The number of hydrogen-bond acceptors (Lipinski definition) is 2. The topological polar surface area (TPSA) is 25.8 Å². The quantitative estimate of drug-likeness (QED) is 0.743. The van der Waals surface area contributed by atoms with Crippen LogP contribution in [0.2, 0.25) is 0 Å². The van der Waals surface area contributed by atoms with Gasteiger partial charge >= 0.3 is 6.18 Å². The van der Waals surface area contributed by atoms with Crippen LogP contribution in [0.4, 0.5) is 13.2 Å². The molecule has 0 spiro atoms. The molecule has 0 bridgehead atoms. The van der Waals surface area contributed by atoms with Crippen molar-refractivity contribution in [3.05, 3.63) is 48.3 Å². The number of aromatic nitrogens is 2. The Kier molecular flexibility index (Phi) is 2.60. The summed E-state index contributed by atoms with van der Waals surface area (Å²) in [5.41, 5.74) is -0.436. The number of nitrogens with zero attached hydrogens (tertiary/aromatic N) is 2. The second kappa shape index (κ2) is 3.92. The fourth-order valence-electron chi connectivity index (χ4n) is 1.39. The molecular formula is C11H7F3N2. The van der Waals surface area contributed by atoms with Crippen LogP contribution in [0.3, 0.4) is 0 Å². The Bertz CT molecular complexity index is 480. The van der Waals surface area contributed by atoms with Gasteiger partial charge in [-0.05, 0) is 11.6 Å². The third-order valence-corrected chi connectivity index (χ3v) is 2.07. The predicted molar refractivity (Wildman–Crippen MR) is 52.5 cm³/mol. The van der Waals surface area contributed by atoms with Gasteiger partial charge < -0.3 is 0 Å². The third-order valence-electron chi connectivity index (χ3n) is 2.07. The van der Waals surface area contributed by atoms with Gasteiger partial charge in [0.05, 0.1) is 6.20 Å². The summed E-state index contributed by atoms with van der Waals surface area (Å²) in [6.45, 7) is 0. The normalized spacial score (nSPS) is 11.4. The van der Waals surface area contributed by atoms with E-state index in [-0.39, 0.29) is 5.56 Å². The van der Waals surface area contributed by atoms with Gasteiger partial charge in [-0.2, -0.15) is 18.3 Å². The van der Waals surface area contributed by atoms with Crippen LogP contribution < -0.4 is 0 Å². The molecule has 5 heteroatoms. The molecule has 82 valence electrons. The molecule has 0 radical (unpaired) electrons. The molecule has 0 atom stereocenters. The standard InChI is InChI=1S/C11H7F3N2/c12-11(13,14)10-9(6-7-15-16-10)8-4-2-1-3-5-8/h1-7H. The summed E-state index contributed by atoms with van der Waals surface area (Å²) < 4.78 is 37.9. The number of benzene rings is 1. The molecule has 0 N–H and O–H groups in total. The molecule has 0 unspecified atom stereocenters. The van der Waals surface area contributed by atoms with E-state index in [9.17, 15) is 13.2 Å². The van der Waals surface area contributed by atoms with E-state index in [0.29, 0.717) is 5.56 Å². The average Bonchev–Trinajstić information content (AvgIpc) is 2.29. The van der Waals surface area contributed by atoms with Gasteiger partial charge in [0, 0.05) is 5.56 Å². The summed E-state index contributed by atoms with van der Waals surface area (Å²) in [6.07, 6.45) is -3.24. The lowest BCUT2D eigenvalue weighted by Crippen LogP contribution is -2.10. The van der Waals surface area contributed by atoms with Gasteiger partial charge in [-0.3, -0.25) is 0 Å². The molecule has 0 amide bonds. The fraction of sp³-hybridized carbons (Fsp3) is 0.0909. The van der Waals surface area contributed by atoms with Gasteiger partial charge in [-0.25, -0.2) is 0 Å². The van der Waals surface area contributed by atoms with Gasteiger partial charge in [0.15, 0.2) is 5.69 Å². The van der Waals surface area contributed by atoms with E-state index in [1.165, 1.54) is 12.3 Å². The maximum Gasteiger partial charge on any atom is 0.435 e. The van der Waals surface area contributed by atoms with Gasteiger partial charge in [0.2, 0.25) is 0 Å². The molecule has 0 fully saturated rings. The van der Waals surface area contributed by atoms with E-state index in [1.54, 1.807) is 30.3 Å². The molecule has 1 aromatic carbocycles. The maximum absolute atomic E-state index is 12.6. The van der Waals surface area contributed by atoms with Gasteiger partial charge in [0.25, 0.3) is 0 Å². The number of halogens is 3. The molecule has 0 saturated carbocycles. The maximum atomic E-state index is 12.6. The van der Waals surface area contributed by atoms with Crippen LogP contribution >= 0.6 is 0 Å². The van der Waals surface area contributed by atoms with Crippen LogP contribution in [0.5, 0.6) is 0 Å². The zero-order valence-corrected chi connectivity index (χ0v) is 8.07. The van der Waals surface area contributed by atoms with Gasteiger partial charge in [0.1, 0.15) is 0 Å². The first-order valence-electron chi connectivity index (χ1n) is 4.53. The van der Waals surface area contributed by atoms with E-state index < -0.39 is 11.9 Å². The first-order valence-corrected chi connectivity index (χ1v) is 4.53. The molecule has 0 saturated heterocycles. The molecule has 0 aliphatic heterocycles. The number of rotatable bonds is 1. The predicted octanol–water partition coefficient (Wildman–Crippen LogP) is 3.16. The Morgan fingerprint density at radius 3 is 2.25 bits per heavy atom. The molecule has 2 nitrogen and oxygen atoms in total. The minimum absolute atomic E-state index is 0.0445. The molecule has 0 aliphatic carbocycles. The summed E-state index contributed by atoms with van der Waals surface area (Å²) in [4.78, 5) is 0. The van der Waals surface area contributed by atoms with E-state index in [1.807, 2.05) is 0 Å². The van der Waals surface area contributed by atoms with Crippen LogP contribution in [0.15, 0.2) is 42.6 Å². The van der Waals surface area contributed by atoms with Crippen molar-refractivity contribution >= 4 is 0 Å². The van der Waals surface area contributed by atoms with Crippen molar-refractivity contribution in [3.8, 4) is 11.1 Å². The van der Waals surface area contributed by atoms with Crippen molar-refractivity contribution in [1.82, 2.24) is 10.2 Å². The lowest BCUT2D eigenvalue weighted by molar-refractivity contribution is -0.141. The van der Waals surface area contributed by atoms with Crippen molar-refractivity contribution < 1.29 is 13.2 Å². The van der Waals surface area contributed by atoms with Gasteiger partial charge in [-0.15, -0.1) is 5.10 Å². The number of hydrogen-bond donors (Lipinski definition) is 0. The summed E-state index contributed by atoms with van der Waals surface area (Å²) in [5, 5.41) is 6.42. The smallest absolute Gasteiger partial charge is 0.164 e. The Hall–Kier alpha value is -1.91. The molecule has 1 aromatic heterocycles. The van der Waals surface area contributed by atoms with Gasteiger partial charge in [-0.1, -0.05) is 30.3 Å². The van der Waals surface area contributed by atoms with E-state index in [4.69, 9.17) is 0 Å². The minimum Gasteiger partial charge on any atom is -0.164 e. The highest BCUT2D eigenvalue weighted by Crippen LogP contribution is 2.34. The van der Waals surface area contributed by atoms with E-state index >= 15 is 0 Å². The van der Waals surface area contributed by atoms with E-state index in [0.717, 1.165) is 0 Å². The molecule has 2 aromatic rings. The highest BCUT2D eigenvalue weighted by molar-refractivity contribution is 5.65. The molecule has 1 heterocycles. The molecule has 2 rings (SSSR count). The summed E-state index contributed by atoms with van der Waals surface area (Å²) in [7, 11) is 0. The van der Waals surface area contributed by atoms with E-state index in [2.05, 4.69) is 10.2 Å². The Balaban J connectivity index is 2.58. The lowest BCUT2D eigenvalue weighted by atomic mass is 10.0. The fourth-order valence-corrected chi connectivity index (χ4v) is 1.39. The zero-order valence-electron chi connectivity index (χ0n) is 8.07. The van der Waals surface area contributed by atoms with Crippen molar-refractivity contribution in [2.24, 2.45) is 0 Å². The largest absolute Gasteiger partial charge is 0.435 e. The van der Waals surface area contributed by atoms with Crippen LogP contribution in [-0.2, 0) is 6.18 Å². The van der Waals surface area contributed by atoms with Crippen molar-refractivity contribution in [2.75, 3.05) is 0 Å². The van der Waals surface area contributed by atoms with Crippen LogP contribution in [0.1, 0.15) is 5.69 Å². The Morgan fingerprint density at radius 1 is 0.938 bits per heavy atom. The minimum atomic E-state index is -4.49. The summed E-state index contributed by atoms with van der Waals surface area (Å²) in [5.74, 6) is 0. The highest BCUT2D eigenvalue weighted by Gasteiger charge is 2.36. The Labute approximate surface area is 89.8 Å². The molecular weight excluding hydrogens is 217 g/mol. The van der Waals surface area contributed by atoms with Crippen LogP contribution in [0.25, 0.3) is 11.1 Å². The first-order chi connectivity index (χ1) is 7.59. The summed E-state index contributed by atoms with van der Waals surface area (Å²) in [6, 6.07) is 9.61. The van der Waals surface area contributed by atoms with Crippen molar-refractivity contribution in [3.63, 3.8) is 0 Å². The third kappa shape index (κ3) is 2.03. The average molecular weight is 224 g/mol. The monoisotopic (exact) mass is 224 g/mol. The van der Waals surface area contributed by atoms with Crippen LogP contribution in [-0.4, -0.2) is 10.2 Å². The first kappa shape index (κ1) is 10.6. The second-order valence-electron chi connectivity index (χ2n) is 3.16. The summed E-state index contributed by atoms with van der Waals surface area (Å²) >= 11 is 0.